The number of nitrogens with one attached hydrogen (secondary N) is 1. The smallest absolute Gasteiger partial charge is 0.277 e. The molecule has 0 radical (unpaired) electrons. The summed E-state index contributed by atoms with van der Waals surface area (Å²) in [6.07, 6.45) is 5.79. The van der Waals surface area contributed by atoms with Gasteiger partial charge in [-0.05, 0) is 13.3 Å². The molecule has 0 aromatic carbocycles. The molecule has 0 saturated carbocycles. The summed E-state index contributed by atoms with van der Waals surface area (Å²) in [4.78, 5) is 35.8. The molecule has 5 nitrogen and oxygen atoms in total. The van der Waals surface area contributed by atoms with Crippen LogP contribution in [0.1, 0.15) is 26.7 Å². The molecule has 0 aromatic rings. The SMILES string of the molecule is C#CCC(C)N1C(=O)NC(=O)C(CC)C1=O. The van der Waals surface area contributed by atoms with Crippen LogP contribution in [0.2, 0.25) is 0 Å². The van der Waals surface area contributed by atoms with E-state index in [1.165, 1.54) is 0 Å². The maximum absolute atomic E-state index is 11.9. The van der Waals surface area contributed by atoms with Gasteiger partial charge in [-0.15, -0.1) is 12.3 Å². The van der Waals surface area contributed by atoms with Crippen LogP contribution in [0.15, 0.2) is 0 Å². The monoisotopic (exact) mass is 222 g/mol. The van der Waals surface area contributed by atoms with E-state index in [-0.39, 0.29) is 12.5 Å². The van der Waals surface area contributed by atoms with E-state index in [0.717, 1.165) is 4.90 Å². The molecule has 0 spiro atoms. The van der Waals surface area contributed by atoms with Crippen LogP contribution in [0.3, 0.4) is 0 Å². The van der Waals surface area contributed by atoms with Crippen molar-refractivity contribution < 1.29 is 14.4 Å². The number of nitrogens with zero attached hydrogens (tertiary/aromatic N) is 1. The zero-order chi connectivity index (χ0) is 12.3. The summed E-state index contributed by atoms with van der Waals surface area (Å²) >= 11 is 0. The lowest BCUT2D eigenvalue weighted by atomic mass is 10.0. The molecule has 1 aliphatic heterocycles. The van der Waals surface area contributed by atoms with Crippen LogP contribution >= 0.6 is 0 Å². The molecule has 1 rings (SSSR count). The van der Waals surface area contributed by atoms with Gasteiger partial charge < -0.3 is 0 Å². The Morgan fingerprint density at radius 2 is 2.12 bits per heavy atom. The Balaban J connectivity index is 2.92. The second-order valence-electron chi connectivity index (χ2n) is 3.72. The highest BCUT2D eigenvalue weighted by Crippen LogP contribution is 2.17. The highest BCUT2D eigenvalue weighted by atomic mass is 16.2. The molecule has 1 aliphatic rings. The van der Waals surface area contributed by atoms with Gasteiger partial charge in [0.1, 0.15) is 5.92 Å². The fraction of sp³-hybridized carbons (Fsp3) is 0.545. The first kappa shape index (κ1) is 12.2. The predicted molar refractivity (Wildman–Crippen MR) is 57.1 cm³/mol. The molecular formula is C11H14N2O3. The Morgan fingerprint density at radius 1 is 1.50 bits per heavy atom. The van der Waals surface area contributed by atoms with Gasteiger partial charge in [0.05, 0.1) is 0 Å². The Labute approximate surface area is 94.2 Å². The minimum atomic E-state index is -0.780. The lowest BCUT2D eigenvalue weighted by Gasteiger charge is -2.33. The van der Waals surface area contributed by atoms with Gasteiger partial charge in [-0.2, -0.15) is 0 Å². The summed E-state index contributed by atoms with van der Waals surface area (Å²) in [5.74, 6) is 0.626. The zero-order valence-electron chi connectivity index (χ0n) is 9.32. The number of rotatable bonds is 3. The fourth-order valence-corrected chi connectivity index (χ4v) is 1.67. The van der Waals surface area contributed by atoms with Crippen molar-refractivity contribution in [2.24, 2.45) is 5.92 Å². The van der Waals surface area contributed by atoms with Gasteiger partial charge in [-0.3, -0.25) is 19.8 Å². The van der Waals surface area contributed by atoms with Crippen LogP contribution < -0.4 is 5.32 Å². The molecule has 0 aliphatic carbocycles. The van der Waals surface area contributed by atoms with Gasteiger partial charge in [0.15, 0.2) is 0 Å². The van der Waals surface area contributed by atoms with E-state index in [9.17, 15) is 14.4 Å². The zero-order valence-corrected chi connectivity index (χ0v) is 9.32. The molecule has 16 heavy (non-hydrogen) atoms. The highest BCUT2D eigenvalue weighted by molar-refractivity contribution is 6.16. The summed E-state index contributed by atoms with van der Waals surface area (Å²) in [6, 6.07) is -1.07. The number of terminal acetylenes is 1. The molecule has 4 amide bonds. The first-order chi connectivity index (χ1) is 7.52. The number of imide groups is 2. The lowest BCUT2D eigenvalue weighted by molar-refractivity contribution is -0.143. The standard InChI is InChI=1S/C11H14N2O3/c1-4-6-7(3)13-10(15)8(5-2)9(14)12-11(13)16/h1,7-8H,5-6H2,2-3H3,(H,12,14,16). The molecule has 0 bridgehead atoms. The quantitative estimate of drug-likeness (QED) is 0.558. The number of hydrogen-bond donors (Lipinski definition) is 1. The van der Waals surface area contributed by atoms with Gasteiger partial charge in [0, 0.05) is 12.5 Å². The maximum Gasteiger partial charge on any atom is 0.331 e. The van der Waals surface area contributed by atoms with Gasteiger partial charge in [-0.1, -0.05) is 6.92 Å². The Morgan fingerprint density at radius 3 is 2.62 bits per heavy atom. The van der Waals surface area contributed by atoms with Crippen LogP contribution in [-0.2, 0) is 9.59 Å². The largest absolute Gasteiger partial charge is 0.331 e. The van der Waals surface area contributed by atoms with Crippen molar-refractivity contribution in [2.45, 2.75) is 32.7 Å². The molecular weight excluding hydrogens is 208 g/mol. The number of carbonyl (C=O) groups is 3. The molecule has 0 aromatic heterocycles. The molecule has 5 heteroatoms. The first-order valence-electron chi connectivity index (χ1n) is 5.14. The van der Waals surface area contributed by atoms with Gasteiger partial charge in [0.25, 0.3) is 0 Å². The molecule has 2 unspecified atom stereocenters. The van der Waals surface area contributed by atoms with Crippen molar-refractivity contribution in [3.05, 3.63) is 0 Å². The highest BCUT2D eigenvalue weighted by Gasteiger charge is 2.41. The summed E-state index contributed by atoms with van der Waals surface area (Å²) in [7, 11) is 0. The normalized spacial score (nSPS) is 22.7. The van der Waals surface area contributed by atoms with Crippen LogP contribution in [0.25, 0.3) is 0 Å². The number of hydrogen-bond acceptors (Lipinski definition) is 3. The molecule has 1 saturated heterocycles. The van der Waals surface area contributed by atoms with Crippen LogP contribution in [0.5, 0.6) is 0 Å². The molecule has 1 N–H and O–H groups in total. The van der Waals surface area contributed by atoms with Crippen molar-refractivity contribution >= 4 is 17.8 Å². The van der Waals surface area contributed by atoms with E-state index in [4.69, 9.17) is 6.42 Å². The van der Waals surface area contributed by atoms with Crippen molar-refractivity contribution in [2.75, 3.05) is 0 Å². The third-order valence-corrected chi connectivity index (χ3v) is 2.56. The van der Waals surface area contributed by atoms with Crippen molar-refractivity contribution in [1.82, 2.24) is 10.2 Å². The Kier molecular flexibility index (Phi) is 3.67. The lowest BCUT2D eigenvalue weighted by Crippen LogP contribution is -2.60. The molecule has 2 atom stereocenters. The third-order valence-electron chi connectivity index (χ3n) is 2.56. The summed E-state index contributed by atoms with van der Waals surface area (Å²) < 4.78 is 0. The first-order valence-corrected chi connectivity index (χ1v) is 5.14. The summed E-state index contributed by atoms with van der Waals surface area (Å²) in [6.45, 7) is 3.40. The minimum Gasteiger partial charge on any atom is -0.277 e. The van der Waals surface area contributed by atoms with Crippen molar-refractivity contribution in [3.8, 4) is 12.3 Å². The number of barbiturate groups is 1. The topological polar surface area (TPSA) is 66.5 Å². The average Bonchev–Trinajstić information content (AvgIpc) is 2.17. The van der Waals surface area contributed by atoms with E-state index in [1.54, 1.807) is 13.8 Å². The number of carbonyl (C=O) groups excluding carboxylic acids is 3. The van der Waals surface area contributed by atoms with E-state index >= 15 is 0 Å². The van der Waals surface area contributed by atoms with E-state index in [2.05, 4.69) is 11.2 Å². The van der Waals surface area contributed by atoms with E-state index in [0.29, 0.717) is 6.42 Å². The van der Waals surface area contributed by atoms with Crippen molar-refractivity contribution in [3.63, 3.8) is 0 Å². The third kappa shape index (κ3) is 2.06. The Hall–Kier alpha value is -1.83. The van der Waals surface area contributed by atoms with E-state index < -0.39 is 23.8 Å². The molecule has 86 valence electrons. The predicted octanol–water partition coefficient (Wildman–Crippen LogP) is 0.503. The molecule has 1 heterocycles. The number of urea groups is 1. The van der Waals surface area contributed by atoms with Gasteiger partial charge in [0.2, 0.25) is 11.8 Å². The van der Waals surface area contributed by atoms with Crippen molar-refractivity contribution in [1.29, 1.82) is 0 Å². The second-order valence-corrected chi connectivity index (χ2v) is 3.72. The average molecular weight is 222 g/mol. The molecule has 1 fully saturated rings. The number of amides is 4. The fourth-order valence-electron chi connectivity index (χ4n) is 1.67. The van der Waals surface area contributed by atoms with Gasteiger partial charge >= 0.3 is 6.03 Å². The van der Waals surface area contributed by atoms with Crippen LogP contribution in [0.4, 0.5) is 4.79 Å². The van der Waals surface area contributed by atoms with Crippen LogP contribution in [0, 0.1) is 18.3 Å². The summed E-state index contributed by atoms with van der Waals surface area (Å²) in [5, 5.41) is 2.16. The van der Waals surface area contributed by atoms with Gasteiger partial charge in [-0.25, -0.2) is 4.79 Å². The maximum atomic E-state index is 11.9. The summed E-state index contributed by atoms with van der Waals surface area (Å²) in [5.41, 5.74) is 0. The Bertz CT molecular complexity index is 370. The van der Waals surface area contributed by atoms with Crippen LogP contribution in [-0.4, -0.2) is 28.8 Å². The van der Waals surface area contributed by atoms with E-state index in [1.807, 2.05) is 0 Å². The second kappa shape index (κ2) is 4.79. The minimum absolute atomic E-state index is 0.282.